The first-order chi connectivity index (χ1) is 22.3. The van der Waals surface area contributed by atoms with Crippen LogP contribution < -0.4 is 5.32 Å². The summed E-state index contributed by atoms with van der Waals surface area (Å²) in [4.78, 5) is 50.1. The molecular formula is C35H43N7O5. The highest BCUT2D eigenvalue weighted by Gasteiger charge is 2.37. The van der Waals surface area contributed by atoms with Gasteiger partial charge in [0, 0.05) is 18.5 Å². The molecule has 0 radical (unpaired) electrons. The van der Waals surface area contributed by atoms with Crippen LogP contribution in [0.25, 0.3) is 33.3 Å². The Labute approximate surface area is 274 Å². The van der Waals surface area contributed by atoms with Gasteiger partial charge in [-0.15, -0.1) is 0 Å². The lowest BCUT2D eigenvalue weighted by Crippen LogP contribution is -2.45. The Morgan fingerprint density at radius 1 is 0.830 bits per heavy atom. The molecule has 0 bridgehead atoms. The van der Waals surface area contributed by atoms with Crippen LogP contribution in [0.4, 0.5) is 15.4 Å². The van der Waals surface area contributed by atoms with Crippen molar-refractivity contribution in [1.29, 1.82) is 0 Å². The van der Waals surface area contributed by atoms with Crippen LogP contribution >= 0.6 is 0 Å². The minimum atomic E-state index is -0.643. The number of imidazole rings is 1. The Hall–Kier alpha value is -4.87. The molecule has 12 heteroatoms. The van der Waals surface area contributed by atoms with E-state index in [1.54, 1.807) is 11.1 Å². The number of ether oxygens (including phenoxy) is 2. The largest absolute Gasteiger partial charge is 0.444 e. The Morgan fingerprint density at radius 2 is 1.45 bits per heavy atom. The summed E-state index contributed by atoms with van der Waals surface area (Å²) in [5, 5.41) is 11.1. The quantitative estimate of drug-likeness (QED) is 0.212. The zero-order chi connectivity index (χ0) is 33.5. The molecule has 12 nitrogen and oxygen atoms in total. The third-order valence-electron chi connectivity index (χ3n) is 8.31. The van der Waals surface area contributed by atoms with Crippen LogP contribution in [0, 0.1) is 0 Å². The van der Waals surface area contributed by atoms with E-state index in [0.717, 1.165) is 58.4 Å². The second-order valence-electron chi connectivity index (χ2n) is 14.2. The number of aromatic amines is 2. The first-order valence-electron chi connectivity index (χ1n) is 16.2. The van der Waals surface area contributed by atoms with Gasteiger partial charge in [0.15, 0.2) is 5.82 Å². The fourth-order valence-corrected chi connectivity index (χ4v) is 6.15. The van der Waals surface area contributed by atoms with Crippen molar-refractivity contribution in [3.05, 3.63) is 54.5 Å². The van der Waals surface area contributed by atoms with Crippen molar-refractivity contribution in [2.45, 2.75) is 90.5 Å². The van der Waals surface area contributed by atoms with E-state index in [1.165, 1.54) is 4.90 Å². The molecule has 6 rings (SSSR count). The van der Waals surface area contributed by atoms with E-state index in [0.29, 0.717) is 25.3 Å². The third-order valence-corrected chi connectivity index (χ3v) is 8.31. The molecule has 2 fully saturated rings. The molecule has 3 N–H and O–H groups in total. The van der Waals surface area contributed by atoms with Crippen molar-refractivity contribution in [2.75, 3.05) is 18.4 Å². The average Bonchev–Trinajstić information content (AvgIpc) is 3.81. The molecule has 0 unspecified atom stereocenters. The van der Waals surface area contributed by atoms with Crippen molar-refractivity contribution in [2.24, 2.45) is 0 Å². The minimum Gasteiger partial charge on any atom is -0.444 e. The van der Waals surface area contributed by atoms with Gasteiger partial charge < -0.3 is 19.8 Å². The number of aromatic nitrogens is 4. The number of hydrogen-bond acceptors (Lipinski definition) is 7. The van der Waals surface area contributed by atoms with Crippen molar-refractivity contribution in [1.82, 2.24) is 30.0 Å². The Kier molecular flexibility index (Phi) is 8.46. The lowest BCUT2D eigenvalue weighted by Gasteiger charge is -2.27. The molecule has 47 heavy (non-hydrogen) atoms. The van der Waals surface area contributed by atoms with E-state index in [4.69, 9.17) is 9.47 Å². The van der Waals surface area contributed by atoms with E-state index >= 15 is 0 Å². The van der Waals surface area contributed by atoms with E-state index in [1.807, 2.05) is 84.0 Å². The highest BCUT2D eigenvalue weighted by Crippen LogP contribution is 2.34. The standard InChI is InChI=1S/C35H43N7O5/c1-34(2,3)46-32(44)41-17-7-9-27(41)30-36-20-26(37-30)22-13-11-21(12-14-22)23-15-16-25-24(19-23)29(40-39-25)38-31(43)28-10-8-18-42(28)33(45)47-35(4,5)6/h11-16,19-20,27-28H,7-10,17-18H2,1-6H3,(H,36,37)(H2,38,39,40,43)/t27-,28-/m0/s1. The lowest BCUT2D eigenvalue weighted by atomic mass is 10.0. The van der Waals surface area contributed by atoms with Crippen LogP contribution in [0.3, 0.4) is 0 Å². The SMILES string of the molecule is CC(C)(C)OC(=O)N1CCC[C@H]1C(=O)Nc1n[nH]c2ccc(-c3ccc(-c4cnc([C@@H]5CCCN5C(=O)OC(C)(C)C)[nH]4)cc3)cc12. The zero-order valence-electron chi connectivity index (χ0n) is 27.8. The molecule has 2 aromatic heterocycles. The number of likely N-dealkylation sites (tertiary alicyclic amines) is 2. The van der Waals surface area contributed by atoms with Crippen molar-refractivity contribution in [3.8, 4) is 22.4 Å². The number of rotatable bonds is 5. The second kappa shape index (κ2) is 12.4. The summed E-state index contributed by atoms with van der Waals surface area (Å²) in [6, 6.07) is 13.3. The van der Waals surface area contributed by atoms with Crippen LogP contribution in [-0.2, 0) is 14.3 Å². The molecule has 2 aliphatic heterocycles. The van der Waals surface area contributed by atoms with Gasteiger partial charge in [0.05, 0.1) is 23.4 Å². The van der Waals surface area contributed by atoms with Crippen LogP contribution in [0.1, 0.15) is 79.1 Å². The molecule has 2 aliphatic rings. The highest BCUT2D eigenvalue weighted by molar-refractivity contribution is 6.03. The summed E-state index contributed by atoms with van der Waals surface area (Å²) < 4.78 is 11.1. The summed E-state index contributed by atoms with van der Waals surface area (Å²) in [7, 11) is 0. The van der Waals surface area contributed by atoms with Gasteiger partial charge in [0.25, 0.3) is 0 Å². The summed E-state index contributed by atoms with van der Waals surface area (Å²) in [6.45, 7) is 12.1. The number of H-pyrrole nitrogens is 2. The smallest absolute Gasteiger partial charge is 0.410 e. The van der Waals surface area contributed by atoms with Gasteiger partial charge in [-0.25, -0.2) is 14.6 Å². The topological polar surface area (TPSA) is 146 Å². The predicted molar refractivity (Wildman–Crippen MR) is 179 cm³/mol. The highest BCUT2D eigenvalue weighted by atomic mass is 16.6. The number of nitrogens with zero attached hydrogens (tertiary/aromatic N) is 4. The maximum absolute atomic E-state index is 13.3. The van der Waals surface area contributed by atoms with Crippen LogP contribution in [-0.4, -0.2) is 78.4 Å². The Bertz CT molecular complexity index is 1780. The van der Waals surface area contributed by atoms with E-state index in [2.05, 4.69) is 25.5 Å². The Balaban J connectivity index is 1.15. The van der Waals surface area contributed by atoms with Gasteiger partial charge in [-0.2, -0.15) is 5.10 Å². The summed E-state index contributed by atoms with van der Waals surface area (Å²) in [5.41, 5.74) is 3.37. The normalized spacial score (nSPS) is 18.5. The molecule has 4 aromatic rings. The third kappa shape index (κ3) is 7.11. The number of anilines is 1. The fraction of sp³-hybridized carbons (Fsp3) is 0.457. The number of hydrogen-bond donors (Lipinski definition) is 3. The maximum Gasteiger partial charge on any atom is 0.410 e. The van der Waals surface area contributed by atoms with Gasteiger partial charge >= 0.3 is 12.2 Å². The minimum absolute atomic E-state index is 0.150. The fourth-order valence-electron chi connectivity index (χ4n) is 6.15. The van der Waals surface area contributed by atoms with E-state index in [-0.39, 0.29) is 18.0 Å². The van der Waals surface area contributed by atoms with Crippen LogP contribution in [0.15, 0.2) is 48.7 Å². The zero-order valence-corrected chi connectivity index (χ0v) is 27.8. The number of nitrogens with one attached hydrogen (secondary N) is 3. The van der Waals surface area contributed by atoms with Gasteiger partial charge in [-0.1, -0.05) is 30.3 Å². The van der Waals surface area contributed by atoms with Gasteiger partial charge in [0.2, 0.25) is 5.91 Å². The number of carbonyl (C=O) groups excluding carboxylic acids is 3. The van der Waals surface area contributed by atoms with Gasteiger partial charge in [0.1, 0.15) is 23.1 Å². The first-order valence-corrected chi connectivity index (χ1v) is 16.2. The number of benzene rings is 2. The van der Waals surface area contributed by atoms with Gasteiger partial charge in [-0.05, 0) is 96.0 Å². The molecule has 0 spiro atoms. The van der Waals surface area contributed by atoms with E-state index < -0.39 is 23.3 Å². The molecule has 248 valence electrons. The van der Waals surface area contributed by atoms with E-state index in [9.17, 15) is 14.4 Å². The van der Waals surface area contributed by atoms with Crippen molar-refractivity contribution in [3.63, 3.8) is 0 Å². The molecule has 2 atom stereocenters. The molecule has 3 amide bonds. The second-order valence-corrected chi connectivity index (χ2v) is 14.2. The summed E-state index contributed by atoms with van der Waals surface area (Å²) >= 11 is 0. The van der Waals surface area contributed by atoms with Crippen LogP contribution in [0.2, 0.25) is 0 Å². The summed E-state index contributed by atoms with van der Waals surface area (Å²) in [6.07, 6.45) is 4.01. The monoisotopic (exact) mass is 641 g/mol. The molecular weight excluding hydrogens is 598 g/mol. The van der Waals surface area contributed by atoms with Crippen molar-refractivity contribution < 1.29 is 23.9 Å². The lowest BCUT2D eigenvalue weighted by molar-refractivity contribution is -0.120. The molecule has 2 saturated heterocycles. The molecule has 2 aromatic carbocycles. The Morgan fingerprint density at radius 3 is 2.15 bits per heavy atom. The van der Waals surface area contributed by atoms with Crippen molar-refractivity contribution >= 4 is 34.8 Å². The number of amides is 3. The van der Waals surface area contributed by atoms with Crippen LogP contribution in [0.5, 0.6) is 0 Å². The maximum atomic E-state index is 13.3. The first kappa shape index (κ1) is 32.1. The average molecular weight is 642 g/mol. The number of fused-ring (bicyclic) bond motifs is 1. The summed E-state index contributed by atoms with van der Waals surface area (Å²) in [5.74, 6) is 0.873. The van der Waals surface area contributed by atoms with Gasteiger partial charge in [-0.3, -0.25) is 19.7 Å². The molecule has 0 aliphatic carbocycles. The molecule has 0 saturated carbocycles. The molecule has 4 heterocycles. The predicted octanol–water partition coefficient (Wildman–Crippen LogP) is 7.03. The number of carbonyl (C=O) groups is 3.